The molecular formula is C13H25NO2. The number of carbonyl (C=O) groups excluding carboxylic acids is 1. The molecule has 1 aliphatic carbocycles. The van der Waals surface area contributed by atoms with E-state index in [1.165, 1.54) is 0 Å². The lowest BCUT2D eigenvalue weighted by Gasteiger charge is -2.50. The van der Waals surface area contributed by atoms with Gasteiger partial charge in [-0.15, -0.1) is 0 Å². The van der Waals surface area contributed by atoms with E-state index in [2.05, 4.69) is 13.8 Å². The molecule has 3 nitrogen and oxygen atoms in total. The van der Waals surface area contributed by atoms with Gasteiger partial charge in [-0.05, 0) is 44.9 Å². The van der Waals surface area contributed by atoms with Crippen molar-refractivity contribution in [3.63, 3.8) is 0 Å². The van der Waals surface area contributed by atoms with Gasteiger partial charge in [0.15, 0.2) is 0 Å². The van der Waals surface area contributed by atoms with Crippen LogP contribution in [0, 0.1) is 11.3 Å². The molecule has 1 saturated carbocycles. The lowest BCUT2D eigenvalue weighted by molar-refractivity contribution is -0.155. The van der Waals surface area contributed by atoms with E-state index >= 15 is 0 Å². The Labute approximate surface area is 98.7 Å². The predicted molar refractivity (Wildman–Crippen MR) is 64.9 cm³/mol. The fourth-order valence-electron chi connectivity index (χ4n) is 2.23. The summed E-state index contributed by atoms with van der Waals surface area (Å²) in [6.07, 6.45) is 2.45. The molecule has 16 heavy (non-hydrogen) atoms. The predicted octanol–water partition coefficient (Wildman–Crippen LogP) is 2.48. The molecule has 1 aliphatic rings. The Kier molecular flexibility index (Phi) is 3.68. The first-order valence-corrected chi connectivity index (χ1v) is 6.10. The molecule has 1 rings (SSSR count). The first-order valence-electron chi connectivity index (χ1n) is 6.10. The summed E-state index contributed by atoms with van der Waals surface area (Å²) < 4.78 is 5.28. The minimum atomic E-state index is -0.372. The van der Waals surface area contributed by atoms with Gasteiger partial charge in [0.05, 0.1) is 0 Å². The van der Waals surface area contributed by atoms with E-state index in [1.54, 1.807) is 0 Å². The second-order valence-electron chi connectivity index (χ2n) is 6.49. The van der Waals surface area contributed by atoms with Crippen LogP contribution in [0.3, 0.4) is 0 Å². The van der Waals surface area contributed by atoms with Crippen LogP contribution in [0.25, 0.3) is 0 Å². The molecule has 2 N–H and O–H groups in total. The van der Waals surface area contributed by atoms with Gasteiger partial charge in [0.25, 0.3) is 0 Å². The van der Waals surface area contributed by atoms with Crippen molar-refractivity contribution in [3.05, 3.63) is 0 Å². The van der Waals surface area contributed by atoms with Crippen molar-refractivity contribution in [1.82, 2.24) is 0 Å². The van der Waals surface area contributed by atoms with Gasteiger partial charge in [-0.25, -0.2) is 0 Å². The Morgan fingerprint density at radius 1 is 1.44 bits per heavy atom. The third-order valence-corrected chi connectivity index (χ3v) is 3.66. The molecule has 0 aliphatic heterocycles. The van der Waals surface area contributed by atoms with Gasteiger partial charge in [0.1, 0.15) is 5.60 Å². The zero-order chi connectivity index (χ0) is 12.6. The maximum atomic E-state index is 11.5. The van der Waals surface area contributed by atoms with Gasteiger partial charge in [-0.3, -0.25) is 4.79 Å². The monoisotopic (exact) mass is 227 g/mol. The van der Waals surface area contributed by atoms with E-state index in [1.807, 2.05) is 20.8 Å². The molecule has 0 bridgehead atoms. The summed E-state index contributed by atoms with van der Waals surface area (Å²) in [7, 11) is 0. The summed E-state index contributed by atoms with van der Waals surface area (Å²) in [5.74, 6) is 0.471. The largest absolute Gasteiger partial charge is 0.460 e. The van der Waals surface area contributed by atoms with E-state index in [0.717, 1.165) is 12.8 Å². The molecule has 0 aromatic carbocycles. The minimum absolute atomic E-state index is 0.0937. The normalized spacial score (nSPS) is 28.4. The highest BCUT2D eigenvalue weighted by atomic mass is 16.6. The first kappa shape index (κ1) is 13.5. The summed E-state index contributed by atoms with van der Waals surface area (Å²) in [6, 6.07) is 0.288. The average molecular weight is 227 g/mol. The van der Waals surface area contributed by atoms with E-state index < -0.39 is 0 Å². The summed E-state index contributed by atoms with van der Waals surface area (Å²) >= 11 is 0. The fourth-order valence-corrected chi connectivity index (χ4v) is 2.23. The van der Waals surface area contributed by atoms with Crippen LogP contribution in [0.2, 0.25) is 0 Å². The van der Waals surface area contributed by atoms with E-state index in [9.17, 15) is 4.79 Å². The van der Waals surface area contributed by atoms with Crippen LogP contribution in [-0.2, 0) is 9.53 Å². The molecule has 3 heteroatoms. The standard InChI is InChI=1S/C13H25NO2/c1-12(2,3)16-11(15)7-6-9-8-10(14)13(9,4)5/h9-10H,6-8,14H2,1-5H3/t9-,10+/m0/s1. The van der Waals surface area contributed by atoms with Gasteiger partial charge in [-0.2, -0.15) is 0 Å². The van der Waals surface area contributed by atoms with Crippen LogP contribution in [0.5, 0.6) is 0 Å². The van der Waals surface area contributed by atoms with Gasteiger partial charge in [-0.1, -0.05) is 13.8 Å². The lowest BCUT2D eigenvalue weighted by Crippen LogP contribution is -2.54. The summed E-state index contributed by atoms with van der Waals surface area (Å²) in [5, 5.41) is 0. The molecule has 0 heterocycles. The Hall–Kier alpha value is -0.570. The van der Waals surface area contributed by atoms with Crippen LogP contribution in [0.15, 0.2) is 0 Å². The number of ether oxygens (including phenoxy) is 1. The first-order chi connectivity index (χ1) is 7.13. The van der Waals surface area contributed by atoms with E-state index in [4.69, 9.17) is 10.5 Å². The number of hydrogen-bond donors (Lipinski definition) is 1. The lowest BCUT2D eigenvalue weighted by atomic mass is 9.57. The molecule has 0 saturated heterocycles. The van der Waals surface area contributed by atoms with Crippen molar-refractivity contribution in [2.75, 3.05) is 0 Å². The maximum absolute atomic E-state index is 11.5. The molecular weight excluding hydrogens is 202 g/mol. The molecule has 0 unspecified atom stereocenters. The Morgan fingerprint density at radius 3 is 2.38 bits per heavy atom. The molecule has 0 amide bonds. The number of carbonyl (C=O) groups is 1. The molecule has 0 spiro atoms. The quantitative estimate of drug-likeness (QED) is 0.754. The van der Waals surface area contributed by atoms with Crippen LogP contribution >= 0.6 is 0 Å². The Balaban J connectivity index is 2.29. The highest BCUT2D eigenvalue weighted by molar-refractivity contribution is 5.69. The van der Waals surface area contributed by atoms with Crippen molar-refractivity contribution in [1.29, 1.82) is 0 Å². The molecule has 2 atom stereocenters. The van der Waals surface area contributed by atoms with Gasteiger partial charge >= 0.3 is 5.97 Å². The van der Waals surface area contributed by atoms with Crippen molar-refractivity contribution in [2.24, 2.45) is 17.1 Å². The van der Waals surface area contributed by atoms with Crippen LogP contribution in [-0.4, -0.2) is 17.6 Å². The molecule has 0 radical (unpaired) electrons. The summed E-state index contributed by atoms with van der Waals surface area (Å²) in [5.41, 5.74) is 5.75. The zero-order valence-electron chi connectivity index (χ0n) is 11.2. The Morgan fingerprint density at radius 2 is 2.00 bits per heavy atom. The fraction of sp³-hybridized carbons (Fsp3) is 0.923. The summed E-state index contributed by atoms with van der Waals surface area (Å²) in [6.45, 7) is 10.1. The van der Waals surface area contributed by atoms with E-state index in [0.29, 0.717) is 12.3 Å². The van der Waals surface area contributed by atoms with Crippen LogP contribution < -0.4 is 5.73 Å². The van der Waals surface area contributed by atoms with Crippen molar-refractivity contribution in [2.45, 2.75) is 65.5 Å². The SMILES string of the molecule is CC(C)(C)OC(=O)CC[C@H]1C[C@@H](N)C1(C)C. The van der Waals surface area contributed by atoms with Crippen molar-refractivity contribution in [3.8, 4) is 0 Å². The minimum Gasteiger partial charge on any atom is -0.460 e. The van der Waals surface area contributed by atoms with Gasteiger partial charge in [0, 0.05) is 12.5 Å². The second-order valence-corrected chi connectivity index (χ2v) is 6.49. The smallest absolute Gasteiger partial charge is 0.306 e. The highest BCUT2D eigenvalue weighted by Gasteiger charge is 2.45. The molecule has 1 fully saturated rings. The number of esters is 1. The average Bonchev–Trinajstić information content (AvgIpc) is 2.09. The summed E-state index contributed by atoms with van der Waals surface area (Å²) in [4.78, 5) is 11.5. The number of rotatable bonds is 3. The molecule has 0 aromatic heterocycles. The van der Waals surface area contributed by atoms with Crippen LogP contribution in [0.4, 0.5) is 0 Å². The molecule has 94 valence electrons. The van der Waals surface area contributed by atoms with Crippen molar-refractivity contribution >= 4 is 5.97 Å². The topological polar surface area (TPSA) is 52.3 Å². The molecule has 0 aromatic rings. The second kappa shape index (κ2) is 4.36. The van der Waals surface area contributed by atoms with Gasteiger partial charge in [0.2, 0.25) is 0 Å². The number of nitrogens with two attached hydrogens (primary N) is 1. The van der Waals surface area contributed by atoms with Crippen LogP contribution in [0.1, 0.15) is 53.9 Å². The van der Waals surface area contributed by atoms with E-state index in [-0.39, 0.29) is 23.0 Å². The third kappa shape index (κ3) is 3.21. The Bertz CT molecular complexity index is 266. The van der Waals surface area contributed by atoms with Crippen molar-refractivity contribution < 1.29 is 9.53 Å². The maximum Gasteiger partial charge on any atom is 0.306 e. The highest BCUT2D eigenvalue weighted by Crippen LogP contribution is 2.47. The third-order valence-electron chi connectivity index (χ3n) is 3.66. The number of hydrogen-bond acceptors (Lipinski definition) is 3. The van der Waals surface area contributed by atoms with Gasteiger partial charge < -0.3 is 10.5 Å². The zero-order valence-corrected chi connectivity index (χ0v) is 11.2.